The van der Waals surface area contributed by atoms with Gasteiger partial charge in [0.1, 0.15) is 11.1 Å². The molecule has 1 N–H and O–H groups in total. The summed E-state index contributed by atoms with van der Waals surface area (Å²) in [7, 11) is 0. The molecule has 6 heteroatoms. The molecule has 2 aliphatic rings. The number of rotatable bonds is 4. The molecule has 6 nitrogen and oxygen atoms in total. The predicted octanol–water partition coefficient (Wildman–Crippen LogP) is 4.13. The summed E-state index contributed by atoms with van der Waals surface area (Å²) < 4.78 is 11.0. The maximum absolute atomic E-state index is 13.0. The van der Waals surface area contributed by atoms with Crippen molar-refractivity contribution in [2.75, 3.05) is 0 Å². The summed E-state index contributed by atoms with van der Waals surface area (Å²) in [5, 5.41) is 8.44. The fourth-order valence-corrected chi connectivity index (χ4v) is 4.82. The van der Waals surface area contributed by atoms with Gasteiger partial charge in [-0.25, -0.2) is 0 Å². The van der Waals surface area contributed by atoms with Crippen LogP contribution in [-0.2, 0) is 29.6 Å². The molecule has 2 heterocycles. The van der Waals surface area contributed by atoms with E-state index in [1.807, 2.05) is 0 Å². The van der Waals surface area contributed by atoms with E-state index in [0.29, 0.717) is 18.1 Å². The number of aryl methyl sites for hydroxylation is 3. The molecule has 1 amide bonds. The number of hydrogen-bond donors (Lipinski definition) is 1. The Morgan fingerprint density at radius 1 is 1.14 bits per heavy atom. The zero-order valence-corrected chi connectivity index (χ0v) is 16.2. The largest absolute Gasteiger partial charge is 0.464 e. The van der Waals surface area contributed by atoms with Gasteiger partial charge in [0.15, 0.2) is 5.82 Å². The first-order valence-corrected chi connectivity index (χ1v) is 10.3. The van der Waals surface area contributed by atoms with Crippen molar-refractivity contribution in [3.63, 3.8) is 0 Å². The summed E-state index contributed by atoms with van der Waals surface area (Å²) in [6.07, 6.45) is 10.4. The Hall–Kier alpha value is -2.63. The van der Waals surface area contributed by atoms with E-state index in [9.17, 15) is 4.79 Å². The Bertz CT molecular complexity index is 1030. The lowest BCUT2D eigenvalue weighted by Crippen LogP contribution is -2.48. The number of aromatic nitrogens is 2. The number of amides is 1. The van der Waals surface area contributed by atoms with Crippen LogP contribution in [0.2, 0.25) is 0 Å². The minimum atomic E-state index is -0.520. The lowest BCUT2D eigenvalue weighted by Gasteiger charge is -2.35. The van der Waals surface area contributed by atoms with Crippen molar-refractivity contribution in [1.29, 1.82) is 0 Å². The molecule has 28 heavy (non-hydrogen) atoms. The molecule has 0 bridgehead atoms. The van der Waals surface area contributed by atoms with Gasteiger partial charge in [0.05, 0.1) is 12.7 Å². The molecule has 0 unspecified atom stereocenters. The van der Waals surface area contributed by atoms with Crippen molar-refractivity contribution >= 4 is 16.9 Å². The van der Waals surface area contributed by atoms with Crippen LogP contribution in [0.15, 0.2) is 27.3 Å². The lowest BCUT2D eigenvalue weighted by molar-refractivity contribution is -0.123. The van der Waals surface area contributed by atoms with Gasteiger partial charge in [0.2, 0.25) is 11.8 Å². The number of carbonyl (C=O) groups excluding carboxylic acids is 1. The van der Waals surface area contributed by atoms with Gasteiger partial charge in [0.25, 0.3) is 0 Å². The van der Waals surface area contributed by atoms with Crippen molar-refractivity contribution in [2.45, 2.75) is 70.3 Å². The first kappa shape index (κ1) is 17.5. The van der Waals surface area contributed by atoms with Gasteiger partial charge in [-0.3, -0.25) is 4.79 Å². The highest BCUT2D eigenvalue weighted by Gasteiger charge is 2.39. The van der Waals surface area contributed by atoms with Crippen LogP contribution in [-0.4, -0.2) is 16.0 Å². The number of benzene rings is 1. The van der Waals surface area contributed by atoms with Gasteiger partial charge in [0, 0.05) is 17.9 Å². The van der Waals surface area contributed by atoms with Crippen molar-refractivity contribution in [1.82, 2.24) is 15.5 Å². The molecule has 0 saturated heterocycles. The molecule has 0 radical (unpaired) electrons. The molecule has 146 valence electrons. The predicted molar refractivity (Wildman–Crippen MR) is 104 cm³/mol. The summed E-state index contributed by atoms with van der Waals surface area (Å²) in [5.41, 5.74) is 4.07. The second-order valence-electron chi connectivity index (χ2n) is 8.24. The number of fused-ring (bicyclic) bond motifs is 2. The molecule has 2 aromatic heterocycles. The highest BCUT2D eigenvalue weighted by atomic mass is 16.5. The fraction of sp³-hybridized carbons (Fsp3) is 0.500. The van der Waals surface area contributed by atoms with Crippen LogP contribution in [0.4, 0.5) is 0 Å². The van der Waals surface area contributed by atoms with Crippen LogP contribution in [0, 0.1) is 6.92 Å². The van der Waals surface area contributed by atoms with Gasteiger partial charge in [-0.15, -0.1) is 0 Å². The second kappa shape index (κ2) is 6.76. The zero-order chi connectivity index (χ0) is 19.1. The van der Waals surface area contributed by atoms with Crippen molar-refractivity contribution in [3.05, 3.63) is 46.8 Å². The van der Waals surface area contributed by atoms with Crippen molar-refractivity contribution in [3.8, 4) is 0 Å². The summed E-state index contributed by atoms with van der Waals surface area (Å²) >= 11 is 0. The minimum absolute atomic E-state index is 0.0208. The van der Waals surface area contributed by atoms with E-state index >= 15 is 0 Å². The van der Waals surface area contributed by atoms with Crippen LogP contribution in [0.5, 0.6) is 0 Å². The summed E-state index contributed by atoms with van der Waals surface area (Å²) in [6.45, 7) is 1.78. The zero-order valence-electron chi connectivity index (χ0n) is 16.2. The highest BCUT2D eigenvalue weighted by Crippen LogP contribution is 2.36. The summed E-state index contributed by atoms with van der Waals surface area (Å²) in [5.74, 6) is 1.12. The molecular weight excluding hydrogens is 354 g/mol. The molecule has 2 aliphatic carbocycles. The standard InChI is InChI=1S/C22H25N3O3/c1-14-23-21(25-28-14)22(8-3-2-4-9-22)24-20(26)12-17-13-27-19-11-16-7-5-6-15(16)10-18(17)19/h10-11,13H,2-9,12H2,1H3,(H,24,26). The van der Waals surface area contributed by atoms with E-state index < -0.39 is 5.54 Å². The van der Waals surface area contributed by atoms with Gasteiger partial charge in [-0.05, 0) is 55.4 Å². The second-order valence-corrected chi connectivity index (χ2v) is 8.24. The third kappa shape index (κ3) is 3.01. The normalized spacial score (nSPS) is 18.3. The first-order chi connectivity index (χ1) is 13.6. The van der Waals surface area contributed by atoms with Gasteiger partial charge >= 0.3 is 0 Å². The lowest BCUT2D eigenvalue weighted by atomic mass is 9.80. The number of carbonyl (C=O) groups is 1. The van der Waals surface area contributed by atoms with Gasteiger partial charge in [-0.1, -0.05) is 24.4 Å². The molecule has 0 atom stereocenters. The van der Waals surface area contributed by atoms with Crippen molar-refractivity contribution < 1.29 is 13.7 Å². The van der Waals surface area contributed by atoms with Crippen LogP contribution in [0.3, 0.4) is 0 Å². The Morgan fingerprint density at radius 3 is 2.68 bits per heavy atom. The average molecular weight is 379 g/mol. The molecule has 1 fully saturated rings. The molecular formula is C22H25N3O3. The van der Waals surface area contributed by atoms with Gasteiger partial charge < -0.3 is 14.3 Å². The van der Waals surface area contributed by atoms with Crippen LogP contribution in [0.1, 0.15) is 66.9 Å². The number of hydrogen-bond acceptors (Lipinski definition) is 5. The van der Waals surface area contributed by atoms with E-state index in [4.69, 9.17) is 8.94 Å². The summed E-state index contributed by atoms with van der Waals surface area (Å²) in [6, 6.07) is 4.35. The minimum Gasteiger partial charge on any atom is -0.464 e. The van der Waals surface area contributed by atoms with Gasteiger partial charge in [-0.2, -0.15) is 4.98 Å². The first-order valence-electron chi connectivity index (χ1n) is 10.3. The molecule has 0 aliphatic heterocycles. The van der Waals surface area contributed by atoms with E-state index in [-0.39, 0.29) is 5.91 Å². The molecule has 3 aromatic rings. The van der Waals surface area contributed by atoms with E-state index in [1.165, 1.54) is 24.0 Å². The Labute approximate surface area is 163 Å². The molecule has 1 aromatic carbocycles. The van der Waals surface area contributed by atoms with E-state index in [0.717, 1.165) is 55.1 Å². The van der Waals surface area contributed by atoms with E-state index in [1.54, 1.807) is 13.2 Å². The Balaban J connectivity index is 1.40. The topological polar surface area (TPSA) is 81.2 Å². The molecule has 1 saturated carbocycles. The summed E-state index contributed by atoms with van der Waals surface area (Å²) in [4.78, 5) is 17.4. The van der Waals surface area contributed by atoms with Crippen LogP contribution in [0.25, 0.3) is 11.0 Å². The third-order valence-electron chi connectivity index (χ3n) is 6.26. The molecule has 5 rings (SSSR count). The van der Waals surface area contributed by atoms with Crippen molar-refractivity contribution in [2.24, 2.45) is 0 Å². The fourth-order valence-electron chi connectivity index (χ4n) is 4.82. The monoisotopic (exact) mass is 379 g/mol. The maximum Gasteiger partial charge on any atom is 0.225 e. The Kier molecular flexibility index (Phi) is 4.22. The van der Waals surface area contributed by atoms with E-state index in [2.05, 4.69) is 27.6 Å². The third-order valence-corrected chi connectivity index (χ3v) is 6.26. The van der Waals surface area contributed by atoms with Crippen LogP contribution >= 0.6 is 0 Å². The Morgan fingerprint density at radius 2 is 1.93 bits per heavy atom. The smallest absolute Gasteiger partial charge is 0.225 e. The number of nitrogens with zero attached hydrogens (tertiary/aromatic N) is 2. The SMILES string of the molecule is Cc1nc(C2(NC(=O)Cc3coc4cc5c(cc34)CCC5)CCCCC2)no1. The maximum atomic E-state index is 13.0. The number of furan rings is 1. The van der Waals surface area contributed by atoms with Crippen LogP contribution < -0.4 is 5.32 Å². The molecule has 0 spiro atoms. The number of nitrogens with one attached hydrogen (secondary N) is 1. The highest BCUT2D eigenvalue weighted by molar-refractivity contribution is 5.89. The average Bonchev–Trinajstić information content (AvgIpc) is 3.41. The quantitative estimate of drug-likeness (QED) is 0.737.